The van der Waals surface area contributed by atoms with Crippen molar-refractivity contribution in [2.75, 3.05) is 27.4 Å². The van der Waals surface area contributed by atoms with Gasteiger partial charge in [-0.3, -0.25) is 0 Å². The topological polar surface area (TPSA) is 36.9 Å². The monoisotopic (exact) mass is 454 g/mol. The van der Waals surface area contributed by atoms with Crippen LogP contribution in [-0.4, -0.2) is 27.4 Å². The van der Waals surface area contributed by atoms with E-state index in [2.05, 4.69) is 0 Å². The molecule has 0 fully saturated rings. The molecule has 0 saturated heterocycles. The molecule has 0 atom stereocenters. The number of halogens is 4. The summed E-state index contributed by atoms with van der Waals surface area (Å²) < 4.78 is 81.5. The Morgan fingerprint density at radius 3 is 1.28 bits per heavy atom. The molecule has 3 aromatic rings. The van der Waals surface area contributed by atoms with E-state index in [1.807, 2.05) is 13.8 Å². The van der Waals surface area contributed by atoms with Gasteiger partial charge in [0, 0.05) is 0 Å². The van der Waals surface area contributed by atoms with Crippen molar-refractivity contribution in [3.63, 3.8) is 0 Å². The van der Waals surface area contributed by atoms with Gasteiger partial charge in [-0.05, 0) is 25.0 Å². The predicted molar refractivity (Wildman–Crippen MR) is 115 cm³/mol. The highest BCUT2D eigenvalue weighted by molar-refractivity contribution is 6.15. The summed E-state index contributed by atoms with van der Waals surface area (Å²) in [7, 11) is 2.81. The van der Waals surface area contributed by atoms with Crippen molar-refractivity contribution < 1.29 is 36.5 Å². The summed E-state index contributed by atoms with van der Waals surface area (Å²) in [6.45, 7) is 4.17. The first-order valence-electron chi connectivity index (χ1n) is 10.5. The van der Waals surface area contributed by atoms with E-state index in [1.165, 1.54) is 14.2 Å². The summed E-state index contributed by atoms with van der Waals surface area (Å²) in [5.41, 5.74) is 0. The molecule has 3 aromatic carbocycles. The minimum Gasteiger partial charge on any atom is -0.496 e. The number of ether oxygens (including phenoxy) is 4. The summed E-state index contributed by atoms with van der Waals surface area (Å²) >= 11 is 0. The molecule has 0 aliphatic heterocycles. The highest BCUT2D eigenvalue weighted by Crippen LogP contribution is 2.52. The second kappa shape index (κ2) is 10.1. The van der Waals surface area contributed by atoms with Crippen molar-refractivity contribution in [1.29, 1.82) is 0 Å². The lowest BCUT2D eigenvalue weighted by Crippen LogP contribution is -2.07. The molecule has 0 amide bonds. The van der Waals surface area contributed by atoms with Gasteiger partial charge in [0.2, 0.25) is 0 Å². The third kappa shape index (κ3) is 3.98. The summed E-state index contributed by atoms with van der Waals surface area (Å²) in [4.78, 5) is 0. The molecule has 0 unspecified atom stereocenters. The zero-order valence-corrected chi connectivity index (χ0v) is 18.5. The first-order chi connectivity index (χ1) is 15.4. The van der Waals surface area contributed by atoms with Gasteiger partial charge in [0.15, 0.2) is 23.3 Å². The molecule has 0 spiro atoms. The third-order valence-corrected chi connectivity index (χ3v) is 5.23. The fourth-order valence-electron chi connectivity index (χ4n) is 3.59. The molecule has 0 aliphatic rings. The van der Waals surface area contributed by atoms with Gasteiger partial charge < -0.3 is 18.9 Å². The first kappa shape index (κ1) is 23.8. The largest absolute Gasteiger partial charge is 0.496 e. The van der Waals surface area contributed by atoms with Crippen LogP contribution < -0.4 is 18.9 Å². The van der Waals surface area contributed by atoms with Gasteiger partial charge in [-0.25, -0.2) is 17.6 Å². The fraction of sp³-hybridized carbons (Fsp3) is 0.417. The molecular formula is C24H26F4O4. The summed E-state index contributed by atoms with van der Waals surface area (Å²) in [6.07, 6.45) is 2.76. The quantitative estimate of drug-likeness (QED) is 0.110. The number of hydrogen-bond donors (Lipinski definition) is 0. The van der Waals surface area contributed by atoms with E-state index in [9.17, 15) is 8.78 Å². The summed E-state index contributed by atoms with van der Waals surface area (Å²) in [5.74, 6) is -6.74. The maximum absolute atomic E-state index is 15.1. The Hall–Kier alpha value is -2.90. The number of hydrogen-bond acceptors (Lipinski definition) is 4. The van der Waals surface area contributed by atoms with Crippen molar-refractivity contribution in [2.24, 2.45) is 0 Å². The third-order valence-electron chi connectivity index (χ3n) is 5.23. The molecule has 0 radical (unpaired) electrons. The van der Waals surface area contributed by atoms with Crippen LogP contribution in [0.4, 0.5) is 17.6 Å². The minimum absolute atomic E-state index is 0.150. The van der Waals surface area contributed by atoms with Crippen LogP contribution >= 0.6 is 0 Å². The SMILES string of the molecule is CCCCOc1c2c(OC)ccc(OC)c2c(OCCCC)c2c(F)c(F)c(F)c(F)c12. The molecule has 0 saturated carbocycles. The van der Waals surface area contributed by atoms with Crippen LogP contribution in [0.2, 0.25) is 0 Å². The minimum atomic E-state index is -1.92. The Balaban J connectivity index is 2.58. The Morgan fingerprint density at radius 1 is 0.594 bits per heavy atom. The van der Waals surface area contributed by atoms with E-state index in [1.54, 1.807) is 12.1 Å². The highest BCUT2D eigenvalue weighted by atomic mass is 19.2. The Morgan fingerprint density at radius 2 is 0.969 bits per heavy atom. The molecule has 0 aliphatic carbocycles. The first-order valence-corrected chi connectivity index (χ1v) is 10.5. The number of benzene rings is 3. The van der Waals surface area contributed by atoms with Crippen LogP contribution in [0.25, 0.3) is 21.5 Å². The maximum atomic E-state index is 15.1. The standard InChI is InChI=1S/C24H26F4O4/c1-5-7-11-31-23-15-13(29-3)9-10-14(30-4)16(15)24(32-12-8-6-2)18-17(23)19(25)21(27)22(28)20(18)26/h9-10H,5-8,11-12H2,1-4H3. The van der Waals surface area contributed by atoms with Crippen molar-refractivity contribution in [2.45, 2.75) is 39.5 Å². The van der Waals surface area contributed by atoms with Gasteiger partial charge in [0.1, 0.15) is 23.0 Å². The van der Waals surface area contributed by atoms with Crippen LogP contribution in [-0.2, 0) is 0 Å². The van der Waals surface area contributed by atoms with Crippen molar-refractivity contribution in [3.8, 4) is 23.0 Å². The zero-order chi connectivity index (χ0) is 23.4. The maximum Gasteiger partial charge on any atom is 0.198 e. The highest BCUT2D eigenvalue weighted by Gasteiger charge is 2.31. The van der Waals surface area contributed by atoms with E-state index >= 15 is 8.78 Å². The van der Waals surface area contributed by atoms with Crippen LogP contribution in [0, 0.1) is 23.3 Å². The van der Waals surface area contributed by atoms with E-state index in [4.69, 9.17) is 18.9 Å². The van der Waals surface area contributed by atoms with E-state index in [0.29, 0.717) is 12.8 Å². The lowest BCUT2D eigenvalue weighted by atomic mass is 9.97. The van der Waals surface area contributed by atoms with Gasteiger partial charge >= 0.3 is 0 Å². The van der Waals surface area contributed by atoms with Crippen LogP contribution in [0.15, 0.2) is 12.1 Å². The Labute approximate surface area is 184 Å². The number of fused-ring (bicyclic) bond motifs is 2. The second-order valence-corrected chi connectivity index (χ2v) is 7.29. The van der Waals surface area contributed by atoms with Gasteiger partial charge in [-0.1, -0.05) is 26.7 Å². The molecule has 3 rings (SSSR count). The molecule has 32 heavy (non-hydrogen) atoms. The van der Waals surface area contributed by atoms with E-state index < -0.39 is 34.0 Å². The second-order valence-electron chi connectivity index (χ2n) is 7.29. The van der Waals surface area contributed by atoms with Gasteiger partial charge in [0.25, 0.3) is 0 Å². The smallest absolute Gasteiger partial charge is 0.198 e. The molecule has 0 heterocycles. The molecule has 0 bridgehead atoms. The van der Waals surface area contributed by atoms with Crippen LogP contribution in [0.1, 0.15) is 39.5 Å². The molecule has 4 nitrogen and oxygen atoms in total. The predicted octanol–water partition coefficient (Wildman–Crippen LogP) is 6.92. The summed E-state index contributed by atoms with van der Waals surface area (Å²) in [5, 5.41) is -0.622. The summed E-state index contributed by atoms with van der Waals surface area (Å²) in [6, 6.07) is 3.15. The Kier molecular flexibility index (Phi) is 7.53. The average Bonchev–Trinajstić information content (AvgIpc) is 2.81. The molecule has 0 aromatic heterocycles. The van der Waals surface area contributed by atoms with Gasteiger partial charge in [0.05, 0.1) is 49.0 Å². The van der Waals surface area contributed by atoms with Crippen molar-refractivity contribution in [1.82, 2.24) is 0 Å². The van der Waals surface area contributed by atoms with Gasteiger partial charge in [-0.2, -0.15) is 0 Å². The average molecular weight is 454 g/mol. The van der Waals surface area contributed by atoms with E-state index in [-0.39, 0.29) is 47.0 Å². The molecule has 174 valence electrons. The Bertz CT molecular complexity index is 1040. The number of rotatable bonds is 10. The number of methoxy groups -OCH3 is 2. The normalized spacial score (nSPS) is 11.2. The van der Waals surface area contributed by atoms with Crippen molar-refractivity contribution in [3.05, 3.63) is 35.4 Å². The lowest BCUT2D eigenvalue weighted by Gasteiger charge is -2.22. The fourth-order valence-corrected chi connectivity index (χ4v) is 3.59. The van der Waals surface area contributed by atoms with Crippen LogP contribution in [0.3, 0.4) is 0 Å². The zero-order valence-electron chi connectivity index (χ0n) is 18.5. The van der Waals surface area contributed by atoms with Gasteiger partial charge in [-0.15, -0.1) is 0 Å². The molecule has 8 heteroatoms. The molecule has 0 N–H and O–H groups in total. The van der Waals surface area contributed by atoms with E-state index in [0.717, 1.165) is 12.8 Å². The van der Waals surface area contributed by atoms with Crippen molar-refractivity contribution >= 4 is 21.5 Å². The number of unbranched alkanes of at least 4 members (excludes halogenated alkanes) is 2. The lowest BCUT2D eigenvalue weighted by molar-refractivity contribution is 0.306. The van der Waals surface area contributed by atoms with Crippen LogP contribution in [0.5, 0.6) is 23.0 Å². The molecular weight excluding hydrogens is 428 g/mol.